The first-order valence-electron chi connectivity index (χ1n) is 13.3. The van der Waals surface area contributed by atoms with Crippen molar-refractivity contribution in [1.29, 1.82) is 0 Å². The zero-order valence-corrected chi connectivity index (χ0v) is 22.0. The molecule has 0 radical (unpaired) electrons. The molecule has 1 aliphatic carbocycles. The van der Waals surface area contributed by atoms with Gasteiger partial charge in [0, 0.05) is 74.4 Å². The lowest BCUT2D eigenvalue weighted by Crippen LogP contribution is -2.51. The molecule has 2 aliphatic heterocycles. The van der Waals surface area contributed by atoms with Crippen LogP contribution >= 0.6 is 11.3 Å². The number of anilines is 2. The summed E-state index contributed by atoms with van der Waals surface area (Å²) in [6.45, 7) is 6.16. The summed E-state index contributed by atoms with van der Waals surface area (Å²) >= 11 is 1.72. The fraction of sp³-hybridized carbons (Fsp3) is 0.393. The van der Waals surface area contributed by atoms with E-state index in [4.69, 9.17) is 0 Å². The summed E-state index contributed by atoms with van der Waals surface area (Å²) in [5.41, 5.74) is 4.73. The Balaban J connectivity index is 1.02. The Hall–Kier alpha value is -3.63. The van der Waals surface area contributed by atoms with Gasteiger partial charge in [-0.15, -0.1) is 11.3 Å². The number of aryl methyl sites for hydroxylation is 1. The van der Waals surface area contributed by atoms with Gasteiger partial charge >= 0.3 is 0 Å². The fourth-order valence-electron chi connectivity index (χ4n) is 5.86. The van der Waals surface area contributed by atoms with Crippen LogP contribution in [0.3, 0.4) is 0 Å². The topological polar surface area (TPSA) is 91.5 Å². The van der Waals surface area contributed by atoms with Gasteiger partial charge in [0.25, 0.3) is 0 Å². The van der Waals surface area contributed by atoms with Crippen molar-refractivity contribution in [2.75, 3.05) is 38.0 Å². The molecule has 0 spiro atoms. The monoisotopic (exact) mass is 526 g/mol. The van der Waals surface area contributed by atoms with Gasteiger partial charge in [-0.1, -0.05) is 6.07 Å². The number of amides is 1. The number of carbonyl (C=O) groups is 1. The molecule has 1 amide bonds. The maximum absolute atomic E-state index is 13.5. The van der Waals surface area contributed by atoms with E-state index >= 15 is 0 Å². The van der Waals surface area contributed by atoms with Gasteiger partial charge in [-0.25, -0.2) is 15.0 Å². The SMILES string of the molecule is O=C(C1CCc2c(sc3ncnc(Nc4ccc5c(c4)C=NC5)c23)C1)N1CCN(CCn2ccnc2)CC1. The molecule has 1 saturated heterocycles. The Morgan fingerprint density at radius 2 is 2.05 bits per heavy atom. The minimum atomic E-state index is 0.0495. The van der Waals surface area contributed by atoms with Crippen molar-refractivity contribution < 1.29 is 4.79 Å². The number of hydrogen-bond donors (Lipinski definition) is 1. The first kappa shape index (κ1) is 23.5. The Morgan fingerprint density at radius 1 is 1.13 bits per heavy atom. The molecule has 1 atom stereocenters. The zero-order valence-electron chi connectivity index (χ0n) is 21.2. The second-order valence-corrected chi connectivity index (χ2v) is 11.4. The fourth-order valence-corrected chi connectivity index (χ4v) is 7.12. The summed E-state index contributed by atoms with van der Waals surface area (Å²) in [6.07, 6.45) is 11.8. The summed E-state index contributed by atoms with van der Waals surface area (Å²) in [6, 6.07) is 6.35. The zero-order chi connectivity index (χ0) is 25.5. The number of rotatable bonds is 6. The number of nitrogens with one attached hydrogen (secondary N) is 1. The van der Waals surface area contributed by atoms with Gasteiger partial charge in [0.15, 0.2) is 0 Å². The van der Waals surface area contributed by atoms with Crippen molar-refractivity contribution in [3.63, 3.8) is 0 Å². The van der Waals surface area contributed by atoms with Crippen molar-refractivity contribution in [1.82, 2.24) is 29.3 Å². The predicted molar refractivity (Wildman–Crippen MR) is 149 cm³/mol. The molecule has 7 rings (SSSR count). The smallest absolute Gasteiger partial charge is 0.226 e. The van der Waals surface area contributed by atoms with Crippen LogP contribution in [0.5, 0.6) is 0 Å². The van der Waals surface area contributed by atoms with E-state index in [9.17, 15) is 4.79 Å². The number of fused-ring (bicyclic) bond motifs is 4. The molecule has 3 aliphatic rings. The molecule has 10 heteroatoms. The van der Waals surface area contributed by atoms with Crippen LogP contribution in [0.1, 0.15) is 28.0 Å². The standard InChI is InChI=1S/C28H30N8OS/c37-28(36-11-9-34(10-12-36)7-8-35-6-5-29-18-35)19-2-4-23-24(14-19)38-27-25(23)26(31-17-32-27)33-22-3-1-20-15-30-16-21(20)13-22/h1,3,5-6,13,16-19H,2,4,7-12,14-15H2,(H,31,32,33). The molecule has 1 fully saturated rings. The average Bonchev–Trinajstić information content (AvgIpc) is 3.71. The van der Waals surface area contributed by atoms with E-state index in [1.165, 1.54) is 16.0 Å². The Bertz CT molecular complexity index is 1500. The summed E-state index contributed by atoms with van der Waals surface area (Å²) < 4.78 is 2.11. The third-order valence-electron chi connectivity index (χ3n) is 8.01. The highest BCUT2D eigenvalue weighted by molar-refractivity contribution is 7.19. The quantitative estimate of drug-likeness (QED) is 0.414. The first-order valence-corrected chi connectivity index (χ1v) is 14.1. The number of imidazole rings is 1. The third-order valence-corrected chi connectivity index (χ3v) is 9.18. The van der Waals surface area contributed by atoms with Crippen molar-refractivity contribution >= 4 is 45.2 Å². The maximum Gasteiger partial charge on any atom is 0.226 e. The number of benzene rings is 1. The lowest BCUT2D eigenvalue weighted by molar-refractivity contribution is -0.137. The first-order chi connectivity index (χ1) is 18.7. The van der Waals surface area contributed by atoms with Crippen LogP contribution in [0.25, 0.3) is 10.2 Å². The summed E-state index contributed by atoms with van der Waals surface area (Å²) in [5.74, 6) is 1.21. The lowest BCUT2D eigenvalue weighted by Gasteiger charge is -2.37. The third kappa shape index (κ3) is 4.48. The summed E-state index contributed by atoms with van der Waals surface area (Å²) in [5, 5.41) is 4.64. The van der Waals surface area contributed by atoms with Crippen molar-refractivity contribution in [2.45, 2.75) is 32.4 Å². The van der Waals surface area contributed by atoms with Crippen LogP contribution in [0.4, 0.5) is 11.5 Å². The van der Waals surface area contributed by atoms with E-state index in [1.54, 1.807) is 17.7 Å². The predicted octanol–water partition coefficient (Wildman–Crippen LogP) is 3.51. The number of thiophene rings is 1. The Labute approximate surface area is 225 Å². The molecule has 1 unspecified atom stereocenters. The molecule has 3 aromatic heterocycles. The van der Waals surface area contributed by atoms with E-state index in [-0.39, 0.29) is 5.92 Å². The number of carbonyl (C=O) groups excluding carboxylic acids is 1. The summed E-state index contributed by atoms with van der Waals surface area (Å²) in [7, 11) is 0. The van der Waals surface area contributed by atoms with E-state index in [0.717, 1.165) is 92.4 Å². The van der Waals surface area contributed by atoms with Gasteiger partial charge in [0.05, 0.1) is 18.3 Å². The molecular weight excluding hydrogens is 496 g/mol. The van der Waals surface area contributed by atoms with Gasteiger partial charge in [-0.05, 0) is 48.1 Å². The van der Waals surface area contributed by atoms with Gasteiger partial charge < -0.3 is 14.8 Å². The van der Waals surface area contributed by atoms with Crippen molar-refractivity contribution in [2.24, 2.45) is 10.9 Å². The summed E-state index contributed by atoms with van der Waals surface area (Å²) in [4.78, 5) is 38.0. The second kappa shape index (κ2) is 9.92. The minimum Gasteiger partial charge on any atom is -0.340 e. The highest BCUT2D eigenvalue weighted by atomic mass is 32.1. The Morgan fingerprint density at radius 3 is 2.92 bits per heavy atom. The van der Waals surface area contributed by atoms with Gasteiger partial charge in [0.1, 0.15) is 17.0 Å². The molecule has 1 aromatic carbocycles. The van der Waals surface area contributed by atoms with Gasteiger partial charge in [0.2, 0.25) is 5.91 Å². The van der Waals surface area contributed by atoms with Crippen molar-refractivity contribution in [3.05, 3.63) is 64.8 Å². The molecule has 4 aromatic rings. The van der Waals surface area contributed by atoms with Crippen molar-refractivity contribution in [3.8, 4) is 0 Å². The van der Waals surface area contributed by atoms with Crippen LogP contribution in [0.15, 0.2) is 48.2 Å². The van der Waals surface area contributed by atoms with Crippen LogP contribution in [-0.4, -0.2) is 74.2 Å². The molecular formula is C28H30N8OS. The maximum atomic E-state index is 13.5. The number of hydrogen-bond acceptors (Lipinski definition) is 8. The lowest BCUT2D eigenvalue weighted by atomic mass is 9.86. The van der Waals surface area contributed by atoms with E-state index in [0.29, 0.717) is 5.91 Å². The number of piperazine rings is 1. The van der Waals surface area contributed by atoms with Crippen LogP contribution < -0.4 is 5.32 Å². The molecule has 0 bridgehead atoms. The molecule has 1 N–H and O–H groups in total. The Kier molecular flexibility index (Phi) is 6.13. The van der Waals surface area contributed by atoms with E-state index in [1.807, 2.05) is 24.9 Å². The normalized spacial score (nSPS) is 19.1. The van der Waals surface area contributed by atoms with Crippen LogP contribution in [0.2, 0.25) is 0 Å². The molecule has 9 nitrogen and oxygen atoms in total. The highest BCUT2D eigenvalue weighted by Gasteiger charge is 2.32. The highest BCUT2D eigenvalue weighted by Crippen LogP contribution is 2.41. The number of aromatic nitrogens is 4. The van der Waals surface area contributed by atoms with E-state index in [2.05, 4.69) is 57.8 Å². The molecule has 194 valence electrons. The van der Waals surface area contributed by atoms with Gasteiger partial charge in [-0.3, -0.25) is 14.7 Å². The molecule has 38 heavy (non-hydrogen) atoms. The largest absolute Gasteiger partial charge is 0.340 e. The van der Waals surface area contributed by atoms with Crippen LogP contribution in [0, 0.1) is 5.92 Å². The average molecular weight is 527 g/mol. The molecule has 0 saturated carbocycles. The minimum absolute atomic E-state index is 0.0495. The van der Waals surface area contributed by atoms with Gasteiger partial charge in [-0.2, -0.15) is 0 Å². The number of aliphatic imine (C=N–C) groups is 1. The molecule has 5 heterocycles. The van der Waals surface area contributed by atoms with Crippen LogP contribution in [-0.2, 0) is 30.7 Å². The van der Waals surface area contributed by atoms with E-state index < -0.39 is 0 Å². The second-order valence-electron chi connectivity index (χ2n) is 10.3. The number of nitrogens with zero attached hydrogens (tertiary/aromatic N) is 7.